The molecule has 0 heterocycles. The number of alkyl halides is 1. The topological polar surface area (TPSA) is 95.4 Å². The van der Waals surface area contributed by atoms with E-state index in [1.165, 1.54) is 0 Å². The first-order valence-corrected chi connectivity index (χ1v) is 4.91. The fourth-order valence-electron chi connectivity index (χ4n) is 0.842. The molecule has 0 fully saturated rings. The van der Waals surface area contributed by atoms with Gasteiger partial charge in [0.1, 0.15) is 11.9 Å². The van der Waals surface area contributed by atoms with Crippen molar-refractivity contribution >= 4 is 23.5 Å². The summed E-state index contributed by atoms with van der Waals surface area (Å²) >= 11 is 5.14. The molecule has 0 aromatic rings. The van der Waals surface area contributed by atoms with Gasteiger partial charge in [0, 0.05) is 0 Å². The molecule has 0 amide bonds. The Morgan fingerprint density at radius 3 is 2.50 bits per heavy atom. The van der Waals surface area contributed by atoms with E-state index in [1.54, 1.807) is 0 Å². The van der Waals surface area contributed by atoms with Crippen molar-refractivity contribution in [2.24, 2.45) is 11.5 Å². The van der Waals surface area contributed by atoms with Gasteiger partial charge in [-0.05, 0) is 19.4 Å². The van der Waals surface area contributed by atoms with Crippen molar-refractivity contribution in [3.63, 3.8) is 0 Å². The summed E-state index contributed by atoms with van der Waals surface area (Å²) < 4.78 is 4.33. The van der Waals surface area contributed by atoms with Crippen molar-refractivity contribution in [2.45, 2.75) is 25.3 Å². The van der Waals surface area contributed by atoms with Gasteiger partial charge >= 0.3 is 11.9 Å². The Hall–Kier alpha value is -0.650. The van der Waals surface area contributed by atoms with Crippen LogP contribution in [-0.4, -0.2) is 30.4 Å². The Kier molecular flexibility index (Phi) is 7.37. The first-order valence-electron chi connectivity index (χ1n) is 4.38. The second kappa shape index (κ2) is 7.73. The number of carbonyl (C=O) groups is 2. The number of unbranched alkanes of at least 4 members (excludes halogenated alkanes) is 1. The van der Waals surface area contributed by atoms with Crippen molar-refractivity contribution in [3.8, 4) is 0 Å². The van der Waals surface area contributed by atoms with Crippen molar-refractivity contribution in [2.75, 3.05) is 12.4 Å². The van der Waals surface area contributed by atoms with Gasteiger partial charge in [-0.15, -0.1) is 11.6 Å². The van der Waals surface area contributed by atoms with Crippen LogP contribution in [0.3, 0.4) is 0 Å². The second-order valence-corrected chi connectivity index (χ2v) is 3.08. The van der Waals surface area contributed by atoms with Crippen LogP contribution in [0.4, 0.5) is 0 Å². The summed E-state index contributed by atoms with van der Waals surface area (Å²) in [5.41, 5.74) is 10.7. The first kappa shape index (κ1) is 13.4. The highest BCUT2D eigenvalue weighted by molar-refractivity contribution is 6.27. The zero-order chi connectivity index (χ0) is 11.0. The van der Waals surface area contributed by atoms with E-state index < -0.39 is 18.0 Å². The van der Waals surface area contributed by atoms with Gasteiger partial charge in [-0.25, -0.2) is 4.79 Å². The lowest BCUT2D eigenvalue weighted by atomic mass is 10.1. The van der Waals surface area contributed by atoms with Crippen LogP contribution in [0, 0.1) is 0 Å². The van der Waals surface area contributed by atoms with Gasteiger partial charge in [0.2, 0.25) is 0 Å². The maximum absolute atomic E-state index is 11.0. The lowest BCUT2D eigenvalue weighted by Gasteiger charge is -2.08. The van der Waals surface area contributed by atoms with E-state index in [0.717, 1.165) is 12.8 Å². The number of ether oxygens (including phenoxy) is 1. The van der Waals surface area contributed by atoms with Gasteiger partial charge in [0.25, 0.3) is 0 Å². The highest BCUT2D eigenvalue weighted by atomic mass is 35.5. The number of hydrogen-bond acceptors (Lipinski definition) is 5. The second-order valence-electron chi connectivity index (χ2n) is 2.82. The van der Waals surface area contributed by atoms with Crippen molar-refractivity contribution in [1.29, 1.82) is 0 Å². The number of rotatable bonds is 6. The molecule has 82 valence electrons. The monoisotopic (exact) mass is 222 g/mol. The zero-order valence-corrected chi connectivity index (χ0v) is 8.63. The molecule has 0 saturated carbocycles. The summed E-state index contributed by atoms with van der Waals surface area (Å²) in [7, 11) is 0. The van der Waals surface area contributed by atoms with Crippen LogP contribution in [0.25, 0.3) is 0 Å². The number of nitrogens with two attached hydrogens (primary N) is 2. The Balaban J connectivity index is 3.70. The Morgan fingerprint density at radius 2 is 2.00 bits per heavy atom. The van der Waals surface area contributed by atoms with E-state index in [4.69, 9.17) is 23.1 Å². The molecule has 0 aliphatic heterocycles. The predicted octanol–water partition coefficient (Wildman–Crippen LogP) is -0.249. The number of esters is 2. The van der Waals surface area contributed by atoms with Gasteiger partial charge in [0.05, 0.1) is 0 Å². The summed E-state index contributed by atoms with van der Waals surface area (Å²) in [5.74, 6) is -1.85. The summed E-state index contributed by atoms with van der Waals surface area (Å²) in [6, 6.07) is -0.770. The third-order valence-corrected chi connectivity index (χ3v) is 1.81. The molecule has 0 unspecified atom stereocenters. The number of carbonyl (C=O) groups excluding carboxylic acids is 2. The van der Waals surface area contributed by atoms with Gasteiger partial charge in [-0.3, -0.25) is 4.79 Å². The molecule has 1 atom stereocenters. The smallest absolute Gasteiger partial charge is 0.330 e. The molecule has 0 aliphatic rings. The minimum Gasteiger partial charge on any atom is -0.391 e. The third kappa shape index (κ3) is 5.90. The first-order chi connectivity index (χ1) is 6.61. The van der Waals surface area contributed by atoms with Gasteiger partial charge < -0.3 is 16.2 Å². The minimum atomic E-state index is -0.772. The lowest BCUT2D eigenvalue weighted by molar-refractivity contribution is -0.158. The minimum absolute atomic E-state index is 0.346. The van der Waals surface area contributed by atoms with Crippen molar-refractivity contribution in [3.05, 3.63) is 0 Å². The van der Waals surface area contributed by atoms with Crippen LogP contribution in [0.5, 0.6) is 0 Å². The fraction of sp³-hybridized carbons (Fsp3) is 0.750. The van der Waals surface area contributed by atoms with E-state index in [-0.39, 0.29) is 5.88 Å². The standard InChI is InChI=1S/C8H15ClN2O3/c9-5-7(12)14-8(13)6(11)3-1-2-4-10/h6H,1-5,10-11H2/t6-/m0/s1. The Labute approximate surface area is 87.7 Å². The molecule has 0 rings (SSSR count). The molecule has 0 aromatic heterocycles. The maximum Gasteiger partial charge on any atom is 0.330 e. The average molecular weight is 223 g/mol. The highest BCUT2D eigenvalue weighted by Crippen LogP contribution is 2.00. The van der Waals surface area contributed by atoms with E-state index in [0.29, 0.717) is 13.0 Å². The van der Waals surface area contributed by atoms with Gasteiger partial charge in [-0.2, -0.15) is 0 Å². The Bertz CT molecular complexity index is 199. The molecule has 0 radical (unpaired) electrons. The molecule has 5 nitrogen and oxygen atoms in total. The molecule has 0 spiro atoms. The van der Waals surface area contributed by atoms with E-state index >= 15 is 0 Å². The van der Waals surface area contributed by atoms with Crippen molar-refractivity contribution in [1.82, 2.24) is 0 Å². The molecule has 0 aliphatic carbocycles. The maximum atomic E-state index is 11.0. The van der Waals surface area contributed by atoms with Gasteiger partial charge in [0.15, 0.2) is 0 Å². The molecular weight excluding hydrogens is 208 g/mol. The molecule has 6 heteroatoms. The molecular formula is C8H15ClN2O3. The van der Waals surface area contributed by atoms with Crippen LogP contribution >= 0.6 is 11.6 Å². The van der Waals surface area contributed by atoms with Crippen LogP contribution in [0.2, 0.25) is 0 Å². The van der Waals surface area contributed by atoms with Crippen LogP contribution in [-0.2, 0) is 14.3 Å². The number of halogens is 1. The van der Waals surface area contributed by atoms with Crippen LogP contribution in [0.15, 0.2) is 0 Å². The number of hydrogen-bond donors (Lipinski definition) is 2. The molecule has 0 saturated heterocycles. The molecule has 4 N–H and O–H groups in total. The van der Waals surface area contributed by atoms with E-state index in [2.05, 4.69) is 4.74 Å². The zero-order valence-electron chi connectivity index (χ0n) is 7.87. The fourth-order valence-corrected chi connectivity index (χ4v) is 0.896. The summed E-state index contributed by atoms with van der Waals surface area (Å²) in [6.07, 6.45) is 2.00. The van der Waals surface area contributed by atoms with Crippen LogP contribution < -0.4 is 11.5 Å². The summed E-state index contributed by atoms with van der Waals surface area (Å²) in [5, 5.41) is 0. The van der Waals surface area contributed by atoms with Gasteiger partial charge in [-0.1, -0.05) is 6.42 Å². The average Bonchev–Trinajstić information content (AvgIpc) is 2.17. The molecule has 0 aromatic carbocycles. The summed E-state index contributed by atoms with van der Waals surface area (Å²) in [4.78, 5) is 21.7. The SMILES string of the molecule is NCCCC[C@H](N)C(=O)OC(=O)CCl. The predicted molar refractivity (Wildman–Crippen MR) is 52.7 cm³/mol. The quantitative estimate of drug-likeness (QED) is 0.280. The third-order valence-electron chi connectivity index (χ3n) is 1.60. The largest absolute Gasteiger partial charge is 0.391 e. The van der Waals surface area contributed by atoms with E-state index in [1.807, 2.05) is 0 Å². The van der Waals surface area contributed by atoms with Crippen molar-refractivity contribution < 1.29 is 14.3 Å². The highest BCUT2D eigenvalue weighted by Gasteiger charge is 2.17. The normalized spacial score (nSPS) is 12.2. The molecule has 14 heavy (non-hydrogen) atoms. The molecule has 0 bridgehead atoms. The Morgan fingerprint density at radius 1 is 1.36 bits per heavy atom. The lowest BCUT2D eigenvalue weighted by Crippen LogP contribution is -2.34. The van der Waals surface area contributed by atoms with Crippen LogP contribution in [0.1, 0.15) is 19.3 Å². The summed E-state index contributed by atoms with van der Waals surface area (Å²) in [6.45, 7) is 0.558. The van der Waals surface area contributed by atoms with E-state index in [9.17, 15) is 9.59 Å².